The first kappa shape index (κ1) is 14.8. The number of rotatable bonds is 4. The number of carboxylic acid groups (broad SMARTS) is 1. The van der Waals surface area contributed by atoms with Crippen molar-refractivity contribution in [3.8, 4) is 0 Å². The van der Waals surface area contributed by atoms with Crippen LogP contribution in [0.3, 0.4) is 0 Å². The molecule has 0 amide bonds. The number of hydrogen-bond donors (Lipinski definition) is 1. The molecule has 1 aliphatic rings. The molecule has 1 aromatic carbocycles. The van der Waals surface area contributed by atoms with Gasteiger partial charge in [-0.25, -0.2) is 9.78 Å². The highest BCUT2D eigenvalue weighted by Gasteiger charge is 2.27. The van der Waals surface area contributed by atoms with Crippen LogP contribution < -0.4 is 0 Å². The molecular formula is C17H21N3O2. The van der Waals surface area contributed by atoms with Crippen LogP contribution in [0, 0.1) is 6.92 Å². The Labute approximate surface area is 130 Å². The minimum atomic E-state index is -0.871. The number of benzene rings is 1. The molecule has 5 heteroatoms. The molecule has 0 unspecified atom stereocenters. The fourth-order valence-electron chi connectivity index (χ4n) is 3.26. The summed E-state index contributed by atoms with van der Waals surface area (Å²) in [6.07, 6.45) is 3.16. The highest BCUT2D eigenvalue weighted by Crippen LogP contribution is 2.27. The summed E-state index contributed by atoms with van der Waals surface area (Å²) in [6, 6.07) is 7.20. The summed E-state index contributed by atoms with van der Waals surface area (Å²) in [5.74, 6) is 0.741. The van der Waals surface area contributed by atoms with Crippen LogP contribution in [0.5, 0.6) is 0 Å². The van der Waals surface area contributed by atoms with Crippen LogP contribution >= 0.6 is 0 Å². The molecule has 0 spiro atoms. The van der Waals surface area contributed by atoms with Gasteiger partial charge in [-0.2, -0.15) is 0 Å². The van der Waals surface area contributed by atoms with Crippen molar-refractivity contribution in [3.63, 3.8) is 0 Å². The number of aromatic nitrogens is 2. The first-order chi connectivity index (χ1) is 10.5. The molecule has 1 saturated heterocycles. The normalized spacial score (nSPS) is 18.7. The predicted octanol–water partition coefficient (Wildman–Crippen LogP) is 2.42. The molecule has 5 nitrogen and oxygen atoms in total. The molecule has 0 bridgehead atoms. The van der Waals surface area contributed by atoms with Gasteiger partial charge in [0.25, 0.3) is 0 Å². The smallest absolute Gasteiger partial charge is 0.335 e. The topological polar surface area (TPSA) is 58.4 Å². The standard InChI is InChI=1S/C17H21N3O2/c1-12-9-19(2)16(18-12)15-6-7-20(11-15)10-13-4-3-5-14(8-13)17(21)22/h3-5,8-9,15H,6-7,10-11H2,1-2H3,(H,21,22)/t15-/m1/s1. The van der Waals surface area contributed by atoms with Gasteiger partial charge in [0.2, 0.25) is 0 Å². The van der Waals surface area contributed by atoms with Gasteiger partial charge in [0.05, 0.1) is 11.3 Å². The van der Waals surface area contributed by atoms with Crippen molar-refractivity contribution in [1.29, 1.82) is 0 Å². The Bertz CT molecular complexity index is 693. The van der Waals surface area contributed by atoms with Crippen molar-refractivity contribution in [2.45, 2.75) is 25.8 Å². The molecule has 2 aromatic rings. The van der Waals surface area contributed by atoms with E-state index in [0.717, 1.165) is 43.1 Å². The molecule has 1 N–H and O–H groups in total. The van der Waals surface area contributed by atoms with Gasteiger partial charge in [-0.05, 0) is 37.6 Å². The van der Waals surface area contributed by atoms with Gasteiger partial charge in [-0.15, -0.1) is 0 Å². The van der Waals surface area contributed by atoms with Crippen molar-refractivity contribution >= 4 is 5.97 Å². The Morgan fingerprint density at radius 1 is 1.45 bits per heavy atom. The van der Waals surface area contributed by atoms with Crippen molar-refractivity contribution in [3.05, 3.63) is 53.1 Å². The number of aryl methyl sites for hydroxylation is 2. The molecule has 0 aliphatic carbocycles. The molecular weight excluding hydrogens is 278 g/mol. The molecule has 116 valence electrons. The number of aromatic carboxylic acids is 1. The van der Waals surface area contributed by atoms with Gasteiger partial charge < -0.3 is 9.67 Å². The van der Waals surface area contributed by atoms with Crippen LogP contribution in [-0.2, 0) is 13.6 Å². The molecule has 1 aliphatic heterocycles. The maximum atomic E-state index is 11.0. The van der Waals surface area contributed by atoms with Crippen molar-refractivity contribution in [2.24, 2.45) is 7.05 Å². The van der Waals surface area contributed by atoms with E-state index in [1.807, 2.05) is 26.1 Å². The van der Waals surface area contributed by atoms with E-state index in [1.165, 1.54) is 0 Å². The molecule has 2 heterocycles. The summed E-state index contributed by atoms with van der Waals surface area (Å²) < 4.78 is 2.12. The second-order valence-electron chi connectivity index (χ2n) is 6.08. The molecule has 1 aromatic heterocycles. The van der Waals surface area contributed by atoms with Crippen LogP contribution in [0.2, 0.25) is 0 Å². The Morgan fingerprint density at radius 2 is 2.27 bits per heavy atom. The van der Waals surface area contributed by atoms with Gasteiger partial charge in [-0.3, -0.25) is 4.90 Å². The van der Waals surface area contributed by atoms with Gasteiger partial charge in [0.15, 0.2) is 0 Å². The summed E-state index contributed by atoms with van der Waals surface area (Å²) >= 11 is 0. The SMILES string of the molecule is Cc1cn(C)c([C@@H]2CCN(Cc3cccc(C(=O)O)c3)C2)n1. The highest BCUT2D eigenvalue weighted by molar-refractivity contribution is 5.87. The van der Waals surface area contributed by atoms with E-state index in [9.17, 15) is 4.79 Å². The van der Waals surface area contributed by atoms with Crippen molar-refractivity contribution < 1.29 is 9.90 Å². The van der Waals surface area contributed by atoms with Crippen LogP contribution in [0.25, 0.3) is 0 Å². The summed E-state index contributed by atoms with van der Waals surface area (Å²) in [5, 5.41) is 9.07. The fourth-order valence-corrected chi connectivity index (χ4v) is 3.26. The number of imidazole rings is 1. The lowest BCUT2D eigenvalue weighted by molar-refractivity contribution is 0.0696. The van der Waals surface area contributed by atoms with E-state index in [4.69, 9.17) is 5.11 Å². The second kappa shape index (κ2) is 5.93. The number of hydrogen-bond acceptors (Lipinski definition) is 3. The van der Waals surface area contributed by atoms with Crippen LogP contribution in [0.1, 0.15) is 39.8 Å². The predicted molar refractivity (Wildman–Crippen MR) is 84.0 cm³/mol. The molecule has 1 atom stereocenters. The Hall–Kier alpha value is -2.14. The number of carbonyl (C=O) groups is 1. The van der Waals surface area contributed by atoms with Crippen molar-refractivity contribution in [1.82, 2.24) is 14.5 Å². The molecule has 3 rings (SSSR count). The van der Waals surface area contributed by atoms with E-state index in [1.54, 1.807) is 12.1 Å². The van der Waals surface area contributed by atoms with E-state index in [-0.39, 0.29) is 0 Å². The summed E-state index contributed by atoms with van der Waals surface area (Å²) in [4.78, 5) is 18.0. The first-order valence-electron chi connectivity index (χ1n) is 7.57. The fraction of sp³-hybridized carbons (Fsp3) is 0.412. The van der Waals surface area contributed by atoms with Crippen LogP contribution in [-0.4, -0.2) is 38.6 Å². The average molecular weight is 299 g/mol. The third kappa shape index (κ3) is 3.04. The van der Waals surface area contributed by atoms with Gasteiger partial charge in [0, 0.05) is 32.3 Å². The third-order valence-electron chi connectivity index (χ3n) is 4.25. The highest BCUT2D eigenvalue weighted by atomic mass is 16.4. The van der Waals surface area contributed by atoms with Gasteiger partial charge in [-0.1, -0.05) is 12.1 Å². The third-order valence-corrected chi connectivity index (χ3v) is 4.25. The zero-order valence-electron chi connectivity index (χ0n) is 13.0. The number of nitrogens with zero attached hydrogens (tertiary/aromatic N) is 3. The first-order valence-corrected chi connectivity index (χ1v) is 7.57. The second-order valence-corrected chi connectivity index (χ2v) is 6.08. The maximum absolute atomic E-state index is 11.0. The Morgan fingerprint density at radius 3 is 2.95 bits per heavy atom. The van der Waals surface area contributed by atoms with Crippen LogP contribution in [0.4, 0.5) is 0 Å². The summed E-state index contributed by atoms with van der Waals surface area (Å²) in [5.41, 5.74) is 2.47. The molecule has 0 saturated carbocycles. The Balaban J connectivity index is 1.67. The molecule has 1 fully saturated rings. The van der Waals surface area contributed by atoms with E-state index < -0.39 is 5.97 Å². The number of carboxylic acids is 1. The lowest BCUT2D eigenvalue weighted by Crippen LogP contribution is -2.20. The number of likely N-dealkylation sites (tertiary alicyclic amines) is 1. The van der Waals surface area contributed by atoms with E-state index in [2.05, 4.69) is 20.6 Å². The minimum Gasteiger partial charge on any atom is -0.478 e. The van der Waals surface area contributed by atoms with Gasteiger partial charge >= 0.3 is 5.97 Å². The van der Waals surface area contributed by atoms with E-state index >= 15 is 0 Å². The summed E-state index contributed by atoms with van der Waals surface area (Å²) in [6.45, 7) is 4.81. The zero-order chi connectivity index (χ0) is 15.7. The quantitative estimate of drug-likeness (QED) is 0.942. The zero-order valence-corrected chi connectivity index (χ0v) is 13.0. The van der Waals surface area contributed by atoms with Gasteiger partial charge in [0.1, 0.15) is 5.82 Å². The minimum absolute atomic E-state index is 0.355. The van der Waals surface area contributed by atoms with Crippen molar-refractivity contribution in [2.75, 3.05) is 13.1 Å². The van der Waals surface area contributed by atoms with Crippen LogP contribution in [0.15, 0.2) is 30.5 Å². The lowest BCUT2D eigenvalue weighted by atomic mass is 10.1. The summed E-state index contributed by atoms with van der Waals surface area (Å²) in [7, 11) is 2.05. The maximum Gasteiger partial charge on any atom is 0.335 e. The largest absolute Gasteiger partial charge is 0.478 e. The Kier molecular flexibility index (Phi) is 3.98. The monoisotopic (exact) mass is 299 g/mol. The van der Waals surface area contributed by atoms with E-state index in [0.29, 0.717) is 11.5 Å². The average Bonchev–Trinajstić information content (AvgIpc) is 3.05. The molecule has 0 radical (unpaired) electrons. The molecule has 22 heavy (non-hydrogen) atoms. The lowest BCUT2D eigenvalue weighted by Gasteiger charge is -2.16.